The van der Waals surface area contributed by atoms with E-state index in [1.165, 1.54) is 6.07 Å². The summed E-state index contributed by atoms with van der Waals surface area (Å²) in [4.78, 5) is 31.4. The van der Waals surface area contributed by atoms with Crippen LogP contribution < -0.4 is 15.6 Å². The van der Waals surface area contributed by atoms with Crippen LogP contribution in [-0.2, 0) is 10.3 Å². The zero-order chi connectivity index (χ0) is 25.6. The maximum atomic E-state index is 15.0. The molecule has 3 aromatic carbocycles. The minimum atomic E-state index is -0.751. The van der Waals surface area contributed by atoms with Gasteiger partial charge in [0, 0.05) is 35.1 Å². The van der Waals surface area contributed by atoms with Crippen LogP contribution >= 0.6 is 0 Å². The molecule has 1 amide bonds. The van der Waals surface area contributed by atoms with Crippen molar-refractivity contribution < 1.29 is 13.9 Å². The maximum absolute atomic E-state index is 15.0. The number of pyridine rings is 1. The topological polar surface area (TPSA) is 74.4 Å². The van der Waals surface area contributed by atoms with Crippen LogP contribution in [0.15, 0.2) is 65.5 Å². The molecule has 0 bridgehead atoms. The van der Waals surface area contributed by atoms with Gasteiger partial charge in [0.15, 0.2) is 5.43 Å². The number of anilines is 1. The molecule has 5 rings (SSSR count). The zero-order valence-corrected chi connectivity index (χ0v) is 20.9. The van der Waals surface area contributed by atoms with E-state index < -0.39 is 17.3 Å². The molecule has 7 heteroatoms. The van der Waals surface area contributed by atoms with Gasteiger partial charge in [-0.3, -0.25) is 9.59 Å². The number of hydrogen-bond donors (Lipinski definition) is 2. The van der Waals surface area contributed by atoms with Crippen LogP contribution in [0.1, 0.15) is 43.6 Å². The SMILES string of the molecule is C[C@@H]1CN(c2ccc(C(C)(C)NC(=O)c3cc4[nH]c5ccccc5c(=O)c4cc3F)cc2)C[C@H](C)O1. The summed E-state index contributed by atoms with van der Waals surface area (Å²) in [5, 5.41) is 3.65. The third kappa shape index (κ3) is 4.46. The van der Waals surface area contributed by atoms with Crippen LogP contribution in [0.3, 0.4) is 0 Å². The standard InChI is InChI=1S/C29H30FN3O3/c1-17-15-33(16-18(2)36-17)20-11-9-19(10-12-20)29(3,4)32-28(35)22-14-26-23(13-24(22)30)27(34)21-7-5-6-8-25(21)31-26/h5-14,17-18H,15-16H2,1-4H3,(H,31,34)(H,32,35)/t17-,18+. The van der Waals surface area contributed by atoms with Crippen molar-refractivity contribution in [3.05, 3.63) is 87.8 Å². The lowest BCUT2D eigenvalue weighted by atomic mass is 9.93. The van der Waals surface area contributed by atoms with Crippen LogP contribution in [0.2, 0.25) is 0 Å². The highest BCUT2D eigenvalue weighted by molar-refractivity contribution is 6.00. The molecule has 2 heterocycles. The first-order chi connectivity index (χ1) is 17.1. The van der Waals surface area contributed by atoms with Gasteiger partial charge in [0.1, 0.15) is 5.82 Å². The fraction of sp³-hybridized carbons (Fsp3) is 0.310. The second-order valence-corrected chi connectivity index (χ2v) is 10.2. The second kappa shape index (κ2) is 9.06. The van der Waals surface area contributed by atoms with E-state index in [1.807, 2.05) is 44.2 Å². The molecule has 0 spiro atoms. The van der Waals surface area contributed by atoms with Gasteiger partial charge >= 0.3 is 0 Å². The highest BCUT2D eigenvalue weighted by Crippen LogP contribution is 2.27. The van der Waals surface area contributed by atoms with E-state index in [-0.39, 0.29) is 28.6 Å². The van der Waals surface area contributed by atoms with Gasteiger partial charge < -0.3 is 19.9 Å². The summed E-state index contributed by atoms with van der Waals surface area (Å²) in [5.41, 5.74) is 1.91. The van der Waals surface area contributed by atoms with Crippen LogP contribution in [0.4, 0.5) is 10.1 Å². The van der Waals surface area contributed by atoms with Crippen LogP contribution in [0.5, 0.6) is 0 Å². The number of para-hydroxylation sites is 1. The number of benzene rings is 3. The van der Waals surface area contributed by atoms with Crippen molar-refractivity contribution in [2.24, 2.45) is 0 Å². The first kappa shape index (κ1) is 24.0. The van der Waals surface area contributed by atoms with Crippen molar-refractivity contribution in [2.75, 3.05) is 18.0 Å². The summed E-state index contributed by atoms with van der Waals surface area (Å²) in [5.74, 6) is -1.28. The lowest BCUT2D eigenvalue weighted by Gasteiger charge is -2.37. The Hall–Kier alpha value is -3.71. The molecule has 4 aromatic rings. The van der Waals surface area contributed by atoms with E-state index in [0.717, 1.165) is 30.4 Å². The zero-order valence-electron chi connectivity index (χ0n) is 20.9. The molecule has 0 radical (unpaired) electrons. The molecule has 0 aliphatic carbocycles. The average molecular weight is 488 g/mol. The Morgan fingerprint density at radius 3 is 2.36 bits per heavy atom. The molecule has 1 aromatic heterocycles. The number of aromatic amines is 1. The monoisotopic (exact) mass is 487 g/mol. The van der Waals surface area contributed by atoms with Crippen molar-refractivity contribution in [1.82, 2.24) is 10.3 Å². The van der Waals surface area contributed by atoms with Crippen LogP contribution in [0, 0.1) is 5.82 Å². The van der Waals surface area contributed by atoms with Crippen molar-refractivity contribution in [3.63, 3.8) is 0 Å². The van der Waals surface area contributed by atoms with E-state index in [9.17, 15) is 9.59 Å². The third-order valence-electron chi connectivity index (χ3n) is 6.84. The summed E-state index contributed by atoms with van der Waals surface area (Å²) < 4.78 is 20.8. The second-order valence-electron chi connectivity index (χ2n) is 10.2. The van der Waals surface area contributed by atoms with Crippen LogP contribution in [-0.4, -0.2) is 36.2 Å². The summed E-state index contributed by atoms with van der Waals surface area (Å²) in [7, 11) is 0. The number of halogens is 1. The molecule has 1 aliphatic rings. The molecule has 2 N–H and O–H groups in total. The Labute approximate surface area is 209 Å². The molecule has 186 valence electrons. The highest BCUT2D eigenvalue weighted by Gasteiger charge is 2.27. The van der Waals surface area contributed by atoms with Gasteiger partial charge in [0.05, 0.1) is 28.8 Å². The number of fused-ring (bicyclic) bond motifs is 2. The predicted molar refractivity (Wildman–Crippen MR) is 141 cm³/mol. The molecule has 2 atom stereocenters. The lowest BCUT2D eigenvalue weighted by molar-refractivity contribution is -0.00522. The normalized spacial score (nSPS) is 18.5. The summed E-state index contributed by atoms with van der Waals surface area (Å²) in [6.07, 6.45) is 0.322. The highest BCUT2D eigenvalue weighted by atomic mass is 19.1. The molecule has 0 saturated carbocycles. The first-order valence-corrected chi connectivity index (χ1v) is 12.2. The number of nitrogens with one attached hydrogen (secondary N) is 2. The molecule has 6 nitrogen and oxygen atoms in total. The van der Waals surface area contributed by atoms with Gasteiger partial charge in [-0.15, -0.1) is 0 Å². The Morgan fingerprint density at radius 2 is 1.67 bits per heavy atom. The summed E-state index contributed by atoms with van der Waals surface area (Å²) in [6.45, 7) is 9.55. The Bertz CT molecular complexity index is 1500. The van der Waals surface area contributed by atoms with E-state index in [0.29, 0.717) is 16.4 Å². The van der Waals surface area contributed by atoms with Gasteiger partial charge in [-0.05, 0) is 69.7 Å². The molecule has 1 aliphatic heterocycles. The summed E-state index contributed by atoms with van der Waals surface area (Å²) >= 11 is 0. The molecule has 1 fully saturated rings. The Kier molecular flexibility index (Phi) is 6.04. The predicted octanol–water partition coefficient (Wildman–Crippen LogP) is 5.10. The van der Waals surface area contributed by atoms with E-state index in [2.05, 4.69) is 29.0 Å². The van der Waals surface area contributed by atoms with E-state index in [4.69, 9.17) is 4.74 Å². The number of hydrogen-bond acceptors (Lipinski definition) is 4. The largest absolute Gasteiger partial charge is 0.372 e. The smallest absolute Gasteiger partial charge is 0.255 e. The Morgan fingerprint density at radius 1 is 1.00 bits per heavy atom. The quantitative estimate of drug-likeness (QED) is 0.393. The van der Waals surface area contributed by atoms with Crippen molar-refractivity contribution >= 4 is 33.4 Å². The summed E-state index contributed by atoms with van der Waals surface area (Å²) in [6, 6.07) is 17.7. The number of ether oxygens (including phenoxy) is 1. The third-order valence-corrected chi connectivity index (χ3v) is 6.84. The van der Waals surface area contributed by atoms with Crippen molar-refractivity contribution in [3.8, 4) is 0 Å². The van der Waals surface area contributed by atoms with Gasteiger partial charge in [-0.1, -0.05) is 24.3 Å². The minimum absolute atomic E-state index is 0.116. The Balaban J connectivity index is 1.40. The lowest BCUT2D eigenvalue weighted by Crippen LogP contribution is -2.45. The number of morpholine rings is 1. The van der Waals surface area contributed by atoms with Crippen LogP contribution in [0.25, 0.3) is 21.8 Å². The number of amides is 1. The average Bonchev–Trinajstić information content (AvgIpc) is 2.83. The molecule has 36 heavy (non-hydrogen) atoms. The van der Waals surface area contributed by atoms with E-state index in [1.54, 1.807) is 18.2 Å². The number of nitrogens with zero attached hydrogens (tertiary/aromatic N) is 1. The number of H-pyrrole nitrogens is 1. The van der Waals surface area contributed by atoms with Crippen molar-refractivity contribution in [2.45, 2.75) is 45.4 Å². The molecule has 0 unspecified atom stereocenters. The maximum Gasteiger partial charge on any atom is 0.255 e. The number of aromatic nitrogens is 1. The van der Waals surface area contributed by atoms with Crippen molar-refractivity contribution in [1.29, 1.82) is 0 Å². The fourth-order valence-electron chi connectivity index (χ4n) is 5.02. The molecular formula is C29H30FN3O3. The molecule has 1 saturated heterocycles. The first-order valence-electron chi connectivity index (χ1n) is 12.2. The van der Waals surface area contributed by atoms with Gasteiger partial charge in [-0.2, -0.15) is 0 Å². The molecular weight excluding hydrogens is 457 g/mol. The van der Waals surface area contributed by atoms with Gasteiger partial charge in [-0.25, -0.2) is 4.39 Å². The number of carbonyl (C=O) groups is 1. The fourth-order valence-corrected chi connectivity index (χ4v) is 5.02. The van der Waals surface area contributed by atoms with E-state index >= 15 is 4.39 Å². The van der Waals surface area contributed by atoms with Gasteiger partial charge in [0.2, 0.25) is 0 Å². The minimum Gasteiger partial charge on any atom is -0.372 e. The number of carbonyl (C=O) groups excluding carboxylic acids is 1. The van der Waals surface area contributed by atoms with Gasteiger partial charge in [0.25, 0.3) is 5.91 Å². The number of rotatable bonds is 4.